The third kappa shape index (κ3) is 1.89. The van der Waals surface area contributed by atoms with Gasteiger partial charge in [0.1, 0.15) is 5.75 Å². The zero-order chi connectivity index (χ0) is 15.5. The van der Waals surface area contributed by atoms with Gasteiger partial charge in [0.05, 0.1) is 13.2 Å². The number of hydrogen-bond donors (Lipinski definition) is 1. The van der Waals surface area contributed by atoms with Crippen LogP contribution in [0.3, 0.4) is 0 Å². The Morgan fingerprint density at radius 3 is 2.86 bits per heavy atom. The van der Waals surface area contributed by atoms with Crippen LogP contribution < -0.4 is 4.74 Å². The number of ether oxygens (including phenoxy) is 1. The molecule has 0 saturated heterocycles. The molecule has 120 valence electrons. The molecule has 0 heterocycles. The van der Waals surface area contributed by atoms with Crippen LogP contribution in [0.15, 0.2) is 18.2 Å². The van der Waals surface area contributed by atoms with E-state index in [0.717, 1.165) is 11.7 Å². The Kier molecular flexibility index (Phi) is 3.30. The van der Waals surface area contributed by atoms with Gasteiger partial charge in [0, 0.05) is 0 Å². The average Bonchev–Trinajstić information content (AvgIpc) is 2.77. The molecule has 0 spiro atoms. The third-order valence-corrected chi connectivity index (χ3v) is 7.21. The van der Waals surface area contributed by atoms with Gasteiger partial charge in [-0.15, -0.1) is 0 Å². The fraction of sp³-hybridized carbons (Fsp3) is 0.700. The van der Waals surface area contributed by atoms with E-state index in [0.29, 0.717) is 17.8 Å². The first-order chi connectivity index (χ1) is 10.5. The Labute approximate surface area is 133 Å². The standard InChI is InChI=1S/C20H28O2/c1-12-10-18-17-6-4-13-11-14(22-3)5-7-15(13)16(17)8-9-20(18,2)19(12)21/h5,7,11-12,16-19,21H,4,6,8-10H2,1-3H3/t12?,16-,17-,18+,19?,20+/m1/s1. The third-order valence-electron chi connectivity index (χ3n) is 7.21. The molecule has 0 aliphatic heterocycles. The van der Waals surface area contributed by atoms with Crippen LogP contribution in [0.2, 0.25) is 0 Å². The Hall–Kier alpha value is -1.02. The Bertz CT molecular complexity index is 581. The van der Waals surface area contributed by atoms with Crippen molar-refractivity contribution in [3.8, 4) is 5.75 Å². The molecule has 0 radical (unpaired) electrons. The SMILES string of the molecule is COc1ccc2c(c1)CC[C@@H]1[C@@H]2CC[C@]2(C)C(O)C(C)C[C@@H]12. The monoisotopic (exact) mass is 300 g/mol. The highest BCUT2D eigenvalue weighted by Gasteiger charge is 2.56. The summed E-state index contributed by atoms with van der Waals surface area (Å²) in [6, 6.07) is 6.68. The van der Waals surface area contributed by atoms with Gasteiger partial charge >= 0.3 is 0 Å². The minimum atomic E-state index is -0.101. The van der Waals surface area contributed by atoms with Gasteiger partial charge in [-0.3, -0.25) is 0 Å². The number of aryl methyl sites for hydroxylation is 1. The highest BCUT2D eigenvalue weighted by molar-refractivity contribution is 5.40. The molecular weight excluding hydrogens is 272 g/mol. The first kappa shape index (κ1) is 14.6. The normalized spacial score (nSPS) is 43.2. The van der Waals surface area contributed by atoms with Gasteiger partial charge in [0.2, 0.25) is 0 Å². The summed E-state index contributed by atoms with van der Waals surface area (Å²) < 4.78 is 5.40. The summed E-state index contributed by atoms with van der Waals surface area (Å²) in [6.07, 6.45) is 5.98. The van der Waals surface area contributed by atoms with E-state index in [1.54, 1.807) is 12.7 Å². The molecule has 3 aliphatic carbocycles. The van der Waals surface area contributed by atoms with Gasteiger partial charge in [0.25, 0.3) is 0 Å². The highest BCUT2D eigenvalue weighted by Crippen LogP contribution is 2.62. The van der Waals surface area contributed by atoms with E-state index < -0.39 is 0 Å². The molecule has 22 heavy (non-hydrogen) atoms. The number of fused-ring (bicyclic) bond motifs is 5. The molecule has 1 aromatic carbocycles. The molecule has 6 atom stereocenters. The van der Waals surface area contributed by atoms with Crippen LogP contribution in [0.4, 0.5) is 0 Å². The molecule has 3 aliphatic rings. The van der Waals surface area contributed by atoms with Crippen LogP contribution in [-0.2, 0) is 6.42 Å². The van der Waals surface area contributed by atoms with Crippen LogP contribution in [-0.4, -0.2) is 18.3 Å². The average molecular weight is 300 g/mol. The van der Waals surface area contributed by atoms with E-state index in [1.165, 1.54) is 37.7 Å². The number of benzene rings is 1. The summed E-state index contributed by atoms with van der Waals surface area (Å²) >= 11 is 0. The molecule has 2 unspecified atom stereocenters. The Morgan fingerprint density at radius 2 is 2.09 bits per heavy atom. The molecule has 2 saturated carbocycles. The number of aliphatic hydroxyl groups excluding tert-OH is 1. The van der Waals surface area contributed by atoms with Crippen molar-refractivity contribution in [1.29, 1.82) is 0 Å². The van der Waals surface area contributed by atoms with Crippen molar-refractivity contribution < 1.29 is 9.84 Å². The van der Waals surface area contributed by atoms with Gasteiger partial charge in [-0.25, -0.2) is 0 Å². The first-order valence-electron chi connectivity index (χ1n) is 8.89. The number of rotatable bonds is 1. The van der Waals surface area contributed by atoms with Gasteiger partial charge in [-0.1, -0.05) is 19.9 Å². The lowest BCUT2D eigenvalue weighted by molar-refractivity contribution is -0.0309. The van der Waals surface area contributed by atoms with Crippen LogP contribution in [0.1, 0.15) is 56.6 Å². The zero-order valence-electron chi connectivity index (χ0n) is 14.0. The lowest BCUT2D eigenvalue weighted by Gasteiger charge is -2.50. The maximum absolute atomic E-state index is 10.7. The van der Waals surface area contributed by atoms with Gasteiger partial charge in [0.15, 0.2) is 0 Å². The predicted molar refractivity (Wildman–Crippen MR) is 88.2 cm³/mol. The van der Waals surface area contributed by atoms with E-state index in [1.807, 2.05) is 0 Å². The summed E-state index contributed by atoms with van der Waals surface area (Å²) in [4.78, 5) is 0. The summed E-state index contributed by atoms with van der Waals surface area (Å²) in [5.41, 5.74) is 3.22. The topological polar surface area (TPSA) is 29.5 Å². The summed E-state index contributed by atoms with van der Waals surface area (Å²) in [5.74, 6) is 3.62. The van der Waals surface area contributed by atoms with Gasteiger partial charge < -0.3 is 9.84 Å². The van der Waals surface area contributed by atoms with Crippen molar-refractivity contribution in [2.45, 2.75) is 58.0 Å². The molecule has 1 aromatic rings. The molecule has 2 nitrogen and oxygen atoms in total. The maximum Gasteiger partial charge on any atom is 0.119 e. The smallest absolute Gasteiger partial charge is 0.119 e. The summed E-state index contributed by atoms with van der Waals surface area (Å²) in [5, 5.41) is 10.7. The fourth-order valence-electron chi connectivity index (χ4n) is 6.02. The number of aliphatic hydroxyl groups is 1. The van der Waals surface area contributed by atoms with E-state index in [2.05, 4.69) is 32.0 Å². The molecule has 0 bridgehead atoms. The fourth-order valence-corrected chi connectivity index (χ4v) is 6.02. The molecular formula is C20H28O2. The largest absolute Gasteiger partial charge is 0.497 e. The van der Waals surface area contributed by atoms with Gasteiger partial charge in [-0.2, -0.15) is 0 Å². The maximum atomic E-state index is 10.7. The van der Waals surface area contributed by atoms with Crippen LogP contribution in [0, 0.1) is 23.2 Å². The summed E-state index contributed by atoms with van der Waals surface area (Å²) in [6.45, 7) is 4.59. The lowest BCUT2D eigenvalue weighted by Crippen LogP contribution is -2.44. The van der Waals surface area contributed by atoms with Crippen LogP contribution >= 0.6 is 0 Å². The summed E-state index contributed by atoms with van der Waals surface area (Å²) in [7, 11) is 1.75. The molecule has 0 aromatic heterocycles. The second-order valence-corrected chi connectivity index (χ2v) is 8.18. The molecule has 1 N–H and O–H groups in total. The van der Waals surface area contributed by atoms with E-state index >= 15 is 0 Å². The van der Waals surface area contributed by atoms with Crippen molar-refractivity contribution in [3.63, 3.8) is 0 Å². The Balaban J connectivity index is 1.69. The second kappa shape index (κ2) is 4.99. The highest BCUT2D eigenvalue weighted by atomic mass is 16.5. The minimum absolute atomic E-state index is 0.101. The van der Waals surface area contributed by atoms with Crippen LogP contribution in [0.25, 0.3) is 0 Å². The van der Waals surface area contributed by atoms with Crippen molar-refractivity contribution >= 4 is 0 Å². The lowest BCUT2D eigenvalue weighted by atomic mass is 9.55. The minimum Gasteiger partial charge on any atom is -0.497 e. The molecule has 2 heteroatoms. The van der Waals surface area contributed by atoms with E-state index in [4.69, 9.17) is 4.74 Å². The van der Waals surface area contributed by atoms with Crippen molar-refractivity contribution in [1.82, 2.24) is 0 Å². The number of methoxy groups -OCH3 is 1. The quantitative estimate of drug-likeness (QED) is 0.844. The van der Waals surface area contributed by atoms with E-state index in [-0.39, 0.29) is 11.5 Å². The second-order valence-electron chi connectivity index (χ2n) is 8.18. The predicted octanol–water partition coefficient (Wildman–Crippen LogP) is 4.16. The molecule has 0 amide bonds. The Morgan fingerprint density at radius 1 is 1.27 bits per heavy atom. The molecule has 4 rings (SSSR count). The van der Waals surface area contributed by atoms with Crippen LogP contribution in [0.5, 0.6) is 5.75 Å². The molecule has 2 fully saturated rings. The van der Waals surface area contributed by atoms with Crippen molar-refractivity contribution in [2.75, 3.05) is 7.11 Å². The number of hydrogen-bond acceptors (Lipinski definition) is 2. The first-order valence-corrected chi connectivity index (χ1v) is 8.89. The van der Waals surface area contributed by atoms with E-state index in [9.17, 15) is 5.11 Å². The van der Waals surface area contributed by atoms with Crippen molar-refractivity contribution in [2.24, 2.45) is 23.2 Å². The van der Waals surface area contributed by atoms with Gasteiger partial charge in [-0.05, 0) is 84.5 Å². The zero-order valence-corrected chi connectivity index (χ0v) is 14.0. The van der Waals surface area contributed by atoms with Crippen molar-refractivity contribution in [3.05, 3.63) is 29.3 Å².